The third kappa shape index (κ3) is 4.72. The van der Waals surface area contributed by atoms with Gasteiger partial charge in [-0.05, 0) is 47.7 Å². The molecule has 5 heteroatoms. The van der Waals surface area contributed by atoms with Crippen LogP contribution in [0.15, 0.2) is 36.4 Å². The minimum absolute atomic E-state index is 0.187. The molecule has 5 nitrogen and oxygen atoms in total. The SMILES string of the molecule is COc1ccc2cc([C@H](C)C(=O)N[C@@H](CC(C)C)C(=O)O)ccc2c1. The minimum atomic E-state index is -1.00. The standard InChI is InChI=1S/C20H25NO4/c1-12(2)9-18(20(23)24)21-19(22)13(3)14-5-6-16-11-17(25-4)8-7-15(16)10-14/h5-8,10-13,18H,9H2,1-4H3,(H,21,22)(H,23,24)/t13-,18-/m0/s1. The van der Waals surface area contributed by atoms with Crippen molar-refractivity contribution in [3.05, 3.63) is 42.0 Å². The van der Waals surface area contributed by atoms with E-state index in [1.54, 1.807) is 14.0 Å². The topological polar surface area (TPSA) is 75.6 Å². The van der Waals surface area contributed by atoms with Crippen molar-refractivity contribution >= 4 is 22.6 Å². The largest absolute Gasteiger partial charge is 0.497 e. The maximum atomic E-state index is 12.5. The number of rotatable bonds is 7. The predicted molar refractivity (Wildman–Crippen MR) is 97.9 cm³/mol. The fraction of sp³-hybridized carbons (Fsp3) is 0.400. The molecule has 2 N–H and O–H groups in total. The van der Waals surface area contributed by atoms with Crippen LogP contribution in [-0.2, 0) is 9.59 Å². The molecule has 0 fully saturated rings. The van der Waals surface area contributed by atoms with Crippen LogP contribution in [0.2, 0.25) is 0 Å². The number of fused-ring (bicyclic) bond motifs is 1. The lowest BCUT2D eigenvalue weighted by molar-refractivity contribution is -0.142. The first-order valence-electron chi connectivity index (χ1n) is 8.42. The van der Waals surface area contributed by atoms with Gasteiger partial charge < -0.3 is 15.2 Å². The zero-order valence-electron chi connectivity index (χ0n) is 15.1. The molecule has 2 atom stereocenters. The average Bonchev–Trinajstić information content (AvgIpc) is 2.58. The summed E-state index contributed by atoms with van der Waals surface area (Å²) in [6.07, 6.45) is 0.408. The van der Waals surface area contributed by atoms with E-state index in [1.165, 1.54) is 0 Å². The van der Waals surface area contributed by atoms with Crippen LogP contribution in [0, 0.1) is 5.92 Å². The second kappa shape index (κ2) is 8.01. The Morgan fingerprint density at radius 2 is 1.72 bits per heavy atom. The van der Waals surface area contributed by atoms with Gasteiger partial charge in [-0.1, -0.05) is 38.1 Å². The first-order valence-corrected chi connectivity index (χ1v) is 8.42. The van der Waals surface area contributed by atoms with Crippen LogP contribution < -0.4 is 10.1 Å². The van der Waals surface area contributed by atoms with Gasteiger partial charge in [0.25, 0.3) is 0 Å². The summed E-state index contributed by atoms with van der Waals surface area (Å²) in [5.74, 6) is -0.738. The van der Waals surface area contributed by atoms with Crippen molar-refractivity contribution in [2.75, 3.05) is 7.11 Å². The number of hydrogen-bond donors (Lipinski definition) is 2. The highest BCUT2D eigenvalue weighted by atomic mass is 16.5. The Labute approximate surface area is 148 Å². The molecule has 0 aliphatic rings. The second-order valence-electron chi connectivity index (χ2n) is 6.72. The molecule has 1 amide bonds. The van der Waals surface area contributed by atoms with E-state index in [1.807, 2.05) is 50.2 Å². The molecule has 2 rings (SSSR count). The summed E-state index contributed by atoms with van der Waals surface area (Å²) in [6, 6.07) is 10.7. The summed E-state index contributed by atoms with van der Waals surface area (Å²) in [5, 5.41) is 14.0. The van der Waals surface area contributed by atoms with E-state index >= 15 is 0 Å². The normalized spacial score (nSPS) is 13.5. The maximum absolute atomic E-state index is 12.5. The van der Waals surface area contributed by atoms with E-state index in [4.69, 9.17) is 4.74 Å². The van der Waals surface area contributed by atoms with Crippen LogP contribution in [-0.4, -0.2) is 30.1 Å². The van der Waals surface area contributed by atoms with Gasteiger partial charge in [0.15, 0.2) is 0 Å². The van der Waals surface area contributed by atoms with E-state index in [9.17, 15) is 14.7 Å². The van der Waals surface area contributed by atoms with Crippen molar-refractivity contribution in [3.8, 4) is 5.75 Å². The van der Waals surface area contributed by atoms with Crippen LogP contribution >= 0.6 is 0 Å². The molecule has 0 saturated heterocycles. The summed E-state index contributed by atoms with van der Waals surface area (Å²) in [5.41, 5.74) is 0.851. The fourth-order valence-corrected chi connectivity index (χ4v) is 2.78. The number of carbonyl (C=O) groups excluding carboxylic acids is 1. The van der Waals surface area contributed by atoms with Crippen molar-refractivity contribution in [2.24, 2.45) is 5.92 Å². The molecule has 0 bridgehead atoms. The number of carbonyl (C=O) groups is 2. The number of amides is 1. The molecule has 0 saturated carbocycles. The molecule has 2 aromatic rings. The third-order valence-electron chi connectivity index (χ3n) is 4.29. The Morgan fingerprint density at radius 1 is 1.08 bits per heavy atom. The average molecular weight is 343 g/mol. The second-order valence-corrected chi connectivity index (χ2v) is 6.72. The zero-order chi connectivity index (χ0) is 18.6. The third-order valence-corrected chi connectivity index (χ3v) is 4.29. The summed E-state index contributed by atoms with van der Waals surface area (Å²) in [7, 11) is 1.62. The van der Waals surface area contributed by atoms with Crippen LogP contribution in [0.5, 0.6) is 5.75 Å². The van der Waals surface area contributed by atoms with E-state index in [2.05, 4.69) is 5.32 Å². The fourth-order valence-electron chi connectivity index (χ4n) is 2.78. The van der Waals surface area contributed by atoms with E-state index in [-0.39, 0.29) is 11.8 Å². The number of ether oxygens (including phenoxy) is 1. The molecule has 134 valence electrons. The van der Waals surface area contributed by atoms with Crippen molar-refractivity contribution in [3.63, 3.8) is 0 Å². The highest BCUT2D eigenvalue weighted by Crippen LogP contribution is 2.25. The van der Waals surface area contributed by atoms with E-state index in [0.717, 1.165) is 22.1 Å². The minimum Gasteiger partial charge on any atom is -0.497 e. The number of aliphatic carboxylic acids is 1. The summed E-state index contributed by atoms with van der Waals surface area (Å²) >= 11 is 0. The van der Waals surface area contributed by atoms with Gasteiger partial charge in [0.05, 0.1) is 13.0 Å². The Hall–Kier alpha value is -2.56. The Morgan fingerprint density at radius 3 is 2.32 bits per heavy atom. The quantitative estimate of drug-likeness (QED) is 0.806. The lowest BCUT2D eigenvalue weighted by Gasteiger charge is -2.19. The van der Waals surface area contributed by atoms with Gasteiger partial charge in [-0.15, -0.1) is 0 Å². The molecule has 0 heterocycles. The Bertz CT molecular complexity index is 769. The molecular formula is C20H25NO4. The van der Waals surface area contributed by atoms with Crippen molar-refractivity contribution in [2.45, 2.75) is 39.2 Å². The van der Waals surface area contributed by atoms with E-state index < -0.39 is 17.9 Å². The van der Waals surface area contributed by atoms with Crippen LogP contribution in [0.4, 0.5) is 0 Å². The van der Waals surface area contributed by atoms with Gasteiger partial charge in [0.1, 0.15) is 11.8 Å². The highest BCUT2D eigenvalue weighted by Gasteiger charge is 2.24. The van der Waals surface area contributed by atoms with Gasteiger partial charge in [-0.25, -0.2) is 4.79 Å². The molecule has 0 radical (unpaired) electrons. The van der Waals surface area contributed by atoms with Crippen molar-refractivity contribution < 1.29 is 19.4 Å². The lowest BCUT2D eigenvalue weighted by atomic mass is 9.96. The predicted octanol–water partition coefficient (Wildman–Crippen LogP) is 3.57. The van der Waals surface area contributed by atoms with Gasteiger partial charge in [-0.3, -0.25) is 4.79 Å². The molecule has 0 aromatic heterocycles. The Kier molecular flexibility index (Phi) is 6.02. The van der Waals surface area contributed by atoms with Crippen molar-refractivity contribution in [1.82, 2.24) is 5.32 Å². The number of methoxy groups -OCH3 is 1. The van der Waals surface area contributed by atoms with Gasteiger partial charge in [-0.2, -0.15) is 0 Å². The monoisotopic (exact) mass is 343 g/mol. The first-order chi connectivity index (χ1) is 11.8. The smallest absolute Gasteiger partial charge is 0.326 e. The summed E-state index contributed by atoms with van der Waals surface area (Å²) in [4.78, 5) is 23.8. The number of carboxylic acids is 1. The molecule has 25 heavy (non-hydrogen) atoms. The molecule has 0 aliphatic carbocycles. The van der Waals surface area contributed by atoms with Crippen LogP contribution in [0.25, 0.3) is 10.8 Å². The lowest BCUT2D eigenvalue weighted by Crippen LogP contribution is -2.43. The van der Waals surface area contributed by atoms with Crippen LogP contribution in [0.1, 0.15) is 38.7 Å². The maximum Gasteiger partial charge on any atom is 0.326 e. The number of carboxylic acid groups (broad SMARTS) is 1. The number of nitrogens with one attached hydrogen (secondary N) is 1. The van der Waals surface area contributed by atoms with Gasteiger partial charge >= 0.3 is 5.97 Å². The summed E-state index contributed by atoms with van der Waals surface area (Å²) < 4.78 is 5.22. The van der Waals surface area contributed by atoms with Crippen molar-refractivity contribution in [1.29, 1.82) is 0 Å². The number of benzene rings is 2. The number of hydrogen-bond acceptors (Lipinski definition) is 3. The highest BCUT2D eigenvalue weighted by molar-refractivity contribution is 5.90. The van der Waals surface area contributed by atoms with Gasteiger partial charge in [0, 0.05) is 0 Å². The van der Waals surface area contributed by atoms with Crippen LogP contribution in [0.3, 0.4) is 0 Å². The zero-order valence-corrected chi connectivity index (χ0v) is 15.1. The van der Waals surface area contributed by atoms with E-state index in [0.29, 0.717) is 6.42 Å². The Balaban J connectivity index is 2.18. The summed E-state index contributed by atoms with van der Waals surface area (Å²) in [6.45, 7) is 5.65. The van der Waals surface area contributed by atoms with Gasteiger partial charge in [0.2, 0.25) is 5.91 Å². The molecule has 0 aliphatic heterocycles. The molecule has 2 aromatic carbocycles. The molecular weight excluding hydrogens is 318 g/mol. The first kappa shape index (κ1) is 18.8. The molecule has 0 spiro atoms. The molecule has 0 unspecified atom stereocenters.